The molecule has 0 saturated carbocycles. The van der Waals surface area contributed by atoms with Gasteiger partial charge in [0.1, 0.15) is 0 Å². The lowest BCUT2D eigenvalue weighted by Crippen LogP contribution is -2.40. The van der Waals surface area contributed by atoms with Crippen LogP contribution in [0.2, 0.25) is 0 Å². The van der Waals surface area contributed by atoms with Gasteiger partial charge in [-0.1, -0.05) is 30.3 Å². The van der Waals surface area contributed by atoms with Crippen LogP contribution in [0.3, 0.4) is 0 Å². The van der Waals surface area contributed by atoms with Crippen molar-refractivity contribution in [1.82, 2.24) is 10.2 Å². The third-order valence-corrected chi connectivity index (χ3v) is 4.52. The number of likely N-dealkylation sites (tertiary alicyclic amines) is 1. The Balaban J connectivity index is 1.71. The van der Waals surface area contributed by atoms with Gasteiger partial charge in [-0.05, 0) is 31.7 Å². The van der Waals surface area contributed by atoms with Gasteiger partial charge in [-0.25, -0.2) is 0 Å². The molecule has 1 aliphatic rings. The minimum Gasteiger partial charge on any atom is -0.376 e. The largest absolute Gasteiger partial charge is 0.389 e. The number of hydrogen-bond donors (Lipinski definition) is 1. The first kappa shape index (κ1) is 21.5. The van der Waals surface area contributed by atoms with Crippen LogP contribution in [-0.4, -0.2) is 49.8 Å². The van der Waals surface area contributed by atoms with Crippen molar-refractivity contribution in [2.75, 3.05) is 32.8 Å². The molecule has 2 rings (SSSR count). The third kappa shape index (κ3) is 8.65. The maximum atomic E-state index is 12.2. The van der Waals surface area contributed by atoms with Crippen molar-refractivity contribution < 1.29 is 17.9 Å². The molecule has 7 heteroatoms. The Morgan fingerprint density at radius 2 is 2.04 bits per heavy atom. The van der Waals surface area contributed by atoms with E-state index in [0.717, 1.165) is 32.0 Å². The van der Waals surface area contributed by atoms with E-state index in [1.165, 1.54) is 5.56 Å². The number of aliphatic imine (C=N–C) groups is 1. The maximum absolute atomic E-state index is 12.2. The lowest BCUT2D eigenvalue weighted by Gasteiger charge is -2.21. The molecule has 1 unspecified atom stereocenters. The highest BCUT2D eigenvalue weighted by molar-refractivity contribution is 5.80. The zero-order valence-corrected chi connectivity index (χ0v) is 16.0. The van der Waals surface area contributed by atoms with Crippen molar-refractivity contribution in [2.45, 2.75) is 45.4 Å². The molecule has 0 spiro atoms. The van der Waals surface area contributed by atoms with Crippen molar-refractivity contribution in [2.24, 2.45) is 10.9 Å². The first-order valence-electron chi connectivity index (χ1n) is 9.69. The summed E-state index contributed by atoms with van der Waals surface area (Å²) < 4.78 is 42.4. The normalized spacial score (nSPS) is 18.1. The van der Waals surface area contributed by atoms with E-state index in [2.05, 4.69) is 27.3 Å². The number of alkyl halides is 3. The molecule has 1 N–H and O–H groups in total. The van der Waals surface area contributed by atoms with E-state index in [1.54, 1.807) is 0 Å². The van der Waals surface area contributed by atoms with E-state index in [-0.39, 0.29) is 6.42 Å². The Labute approximate surface area is 159 Å². The summed E-state index contributed by atoms with van der Waals surface area (Å²) in [5, 5.41) is 3.25. The van der Waals surface area contributed by atoms with Gasteiger partial charge in [0, 0.05) is 38.5 Å². The number of nitrogens with one attached hydrogen (secondary N) is 1. The number of hydrogen-bond acceptors (Lipinski definition) is 2. The molecule has 27 heavy (non-hydrogen) atoms. The van der Waals surface area contributed by atoms with Crippen LogP contribution in [0.1, 0.15) is 38.2 Å². The zero-order chi connectivity index (χ0) is 19.5. The summed E-state index contributed by atoms with van der Waals surface area (Å²) in [5.74, 6) is 1.25. The van der Waals surface area contributed by atoms with Crippen LogP contribution >= 0.6 is 0 Å². The van der Waals surface area contributed by atoms with Crippen LogP contribution < -0.4 is 5.32 Å². The predicted molar refractivity (Wildman–Crippen MR) is 102 cm³/mol. The van der Waals surface area contributed by atoms with Crippen molar-refractivity contribution in [3.63, 3.8) is 0 Å². The van der Waals surface area contributed by atoms with Crippen LogP contribution in [0.4, 0.5) is 13.2 Å². The maximum Gasteiger partial charge on any atom is 0.389 e. The van der Waals surface area contributed by atoms with Crippen molar-refractivity contribution in [3.05, 3.63) is 35.9 Å². The average molecular weight is 385 g/mol. The Morgan fingerprint density at radius 3 is 2.74 bits per heavy atom. The molecule has 1 aromatic carbocycles. The summed E-state index contributed by atoms with van der Waals surface area (Å²) in [5.41, 5.74) is 1.17. The first-order chi connectivity index (χ1) is 13.0. The van der Waals surface area contributed by atoms with Gasteiger partial charge in [-0.3, -0.25) is 4.99 Å². The molecule has 0 radical (unpaired) electrons. The quantitative estimate of drug-likeness (QED) is 0.393. The molecule has 1 saturated heterocycles. The molecule has 1 aliphatic heterocycles. The summed E-state index contributed by atoms with van der Waals surface area (Å²) in [6.07, 6.45) is -3.19. The molecular weight excluding hydrogens is 355 g/mol. The standard InChI is InChI=1S/C20H30F3N3O/c1-2-24-19(25-12-7-6-11-20(21,22)23)26-13-10-18(14-26)16-27-15-17-8-4-3-5-9-17/h3-5,8-9,18H,2,6-7,10-16H2,1H3,(H,24,25). The Hall–Kier alpha value is -1.76. The van der Waals surface area contributed by atoms with Crippen molar-refractivity contribution >= 4 is 5.96 Å². The highest BCUT2D eigenvalue weighted by Gasteiger charge is 2.26. The monoisotopic (exact) mass is 385 g/mol. The molecule has 4 nitrogen and oxygen atoms in total. The predicted octanol–water partition coefficient (Wildman–Crippen LogP) is 4.22. The molecular formula is C20H30F3N3O. The number of halogens is 3. The molecule has 1 aromatic rings. The summed E-state index contributed by atoms with van der Waals surface area (Å²) in [4.78, 5) is 6.68. The van der Waals surface area contributed by atoms with Crippen LogP contribution in [-0.2, 0) is 11.3 Å². The first-order valence-corrected chi connectivity index (χ1v) is 9.69. The topological polar surface area (TPSA) is 36.9 Å². The van der Waals surface area contributed by atoms with E-state index >= 15 is 0 Å². The smallest absolute Gasteiger partial charge is 0.376 e. The van der Waals surface area contributed by atoms with Crippen LogP contribution in [0.15, 0.2) is 35.3 Å². The van der Waals surface area contributed by atoms with Gasteiger partial charge in [-0.2, -0.15) is 13.2 Å². The van der Waals surface area contributed by atoms with E-state index in [0.29, 0.717) is 32.1 Å². The lowest BCUT2D eigenvalue weighted by molar-refractivity contribution is -0.135. The Bertz CT molecular complexity index is 563. The van der Waals surface area contributed by atoms with E-state index < -0.39 is 12.6 Å². The fourth-order valence-electron chi connectivity index (χ4n) is 3.13. The van der Waals surface area contributed by atoms with E-state index in [1.807, 2.05) is 25.1 Å². The van der Waals surface area contributed by atoms with Gasteiger partial charge in [0.25, 0.3) is 0 Å². The summed E-state index contributed by atoms with van der Waals surface area (Å²) in [6, 6.07) is 10.1. The number of rotatable bonds is 9. The molecule has 1 heterocycles. The van der Waals surface area contributed by atoms with Crippen molar-refractivity contribution in [1.29, 1.82) is 0 Å². The molecule has 0 bridgehead atoms. The van der Waals surface area contributed by atoms with Crippen molar-refractivity contribution in [3.8, 4) is 0 Å². The second-order valence-electron chi connectivity index (χ2n) is 6.91. The van der Waals surface area contributed by atoms with E-state index in [9.17, 15) is 13.2 Å². The Morgan fingerprint density at radius 1 is 1.26 bits per heavy atom. The number of benzene rings is 1. The highest BCUT2D eigenvalue weighted by atomic mass is 19.4. The van der Waals surface area contributed by atoms with Gasteiger partial charge in [0.05, 0.1) is 13.2 Å². The lowest BCUT2D eigenvalue weighted by atomic mass is 10.1. The average Bonchev–Trinajstić information content (AvgIpc) is 3.09. The second-order valence-corrected chi connectivity index (χ2v) is 6.91. The molecule has 1 fully saturated rings. The number of guanidine groups is 1. The summed E-state index contributed by atoms with van der Waals surface area (Å²) >= 11 is 0. The second kappa shape index (κ2) is 11.2. The molecule has 152 valence electrons. The van der Waals surface area contributed by atoms with Crippen LogP contribution in [0.5, 0.6) is 0 Å². The van der Waals surface area contributed by atoms with Gasteiger partial charge in [0.2, 0.25) is 0 Å². The highest BCUT2D eigenvalue weighted by Crippen LogP contribution is 2.22. The number of ether oxygens (including phenoxy) is 1. The fraction of sp³-hybridized carbons (Fsp3) is 0.650. The van der Waals surface area contributed by atoms with Crippen LogP contribution in [0.25, 0.3) is 0 Å². The minimum absolute atomic E-state index is 0.127. The molecule has 0 aliphatic carbocycles. The SMILES string of the molecule is CCNC(=NCCCCC(F)(F)F)N1CCC(COCc2ccccc2)C1. The van der Waals surface area contributed by atoms with Gasteiger partial charge < -0.3 is 15.0 Å². The Kier molecular flexibility index (Phi) is 8.91. The van der Waals surface area contributed by atoms with Gasteiger partial charge >= 0.3 is 6.18 Å². The molecule has 0 aromatic heterocycles. The third-order valence-electron chi connectivity index (χ3n) is 4.52. The number of nitrogens with zero attached hydrogens (tertiary/aromatic N) is 2. The fourth-order valence-corrected chi connectivity index (χ4v) is 3.13. The molecule has 1 atom stereocenters. The summed E-state index contributed by atoms with van der Waals surface area (Å²) in [7, 11) is 0. The van der Waals surface area contributed by atoms with Crippen LogP contribution in [0, 0.1) is 5.92 Å². The minimum atomic E-state index is -4.07. The van der Waals surface area contributed by atoms with E-state index in [4.69, 9.17) is 4.74 Å². The number of unbranched alkanes of at least 4 members (excludes halogenated alkanes) is 1. The van der Waals surface area contributed by atoms with Gasteiger partial charge in [-0.15, -0.1) is 0 Å². The van der Waals surface area contributed by atoms with Gasteiger partial charge in [0.15, 0.2) is 5.96 Å². The summed E-state index contributed by atoms with van der Waals surface area (Å²) in [6.45, 7) is 6.24. The molecule has 0 amide bonds. The zero-order valence-electron chi connectivity index (χ0n) is 16.0.